The molecule has 0 saturated carbocycles. The Hall–Kier alpha value is -2.41. The fourth-order valence-corrected chi connectivity index (χ4v) is 3.22. The number of nitrogens with zero attached hydrogens (tertiary/aromatic N) is 1. The van der Waals surface area contributed by atoms with Gasteiger partial charge in [0.2, 0.25) is 0 Å². The lowest BCUT2D eigenvalue weighted by atomic mass is 10.1. The number of carbonyl (C=O) groups excluding carboxylic acids is 2. The van der Waals surface area contributed by atoms with Crippen molar-refractivity contribution in [1.29, 1.82) is 0 Å². The molecule has 29 heavy (non-hydrogen) atoms. The van der Waals surface area contributed by atoms with Crippen molar-refractivity contribution in [3.05, 3.63) is 70.2 Å². The van der Waals surface area contributed by atoms with Gasteiger partial charge in [0.1, 0.15) is 0 Å². The van der Waals surface area contributed by atoms with Crippen LogP contribution in [0.1, 0.15) is 28.4 Å². The maximum atomic E-state index is 12.3. The molecule has 7 heteroatoms. The quantitative estimate of drug-likeness (QED) is 0.703. The average molecular weight is 417 g/mol. The maximum Gasteiger partial charge on any atom is 0.338 e. The minimum Gasteiger partial charge on any atom is -0.449 e. The summed E-state index contributed by atoms with van der Waals surface area (Å²) in [5, 5.41) is 3.31. The van der Waals surface area contributed by atoms with Gasteiger partial charge in [0.05, 0.1) is 18.8 Å². The highest BCUT2D eigenvalue weighted by molar-refractivity contribution is 6.31. The van der Waals surface area contributed by atoms with Gasteiger partial charge in [-0.15, -0.1) is 0 Å². The second kappa shape index (κ2) is 10.4. The van der Waals surface area contributed by atoms with Crippen LogP contribution in [0.3, 0.4) is 0 Å². The molecule has 6 nitrogen and oxygen atoms in total. The molecule has 1 saturated heterocycles. The van der Waals surface area contributed by atoms with E-state index in [0.29, 0.717) is 10.6 Å². The van der Waals surface area contributed by atoms with E-state index in [9.17, 15) is 9.59 Å². The molecule has 1 N–H and O–H groups in total. The van der Waals surface area contributed by atoms with Gasteiger partial charge in [-0.05, 0) is 36.2 Å². The number of hydrogen-bond donors (Lipinski definition) is 1. The van der Waals surface area contributed by atoms with Crippen molar-refractivity contribution in [3.8, 4) is 0 Å². The molecular weight excluding hydrogens is 392 g/mol. The van der Waals surface area contributed by atoms with Gasteiger partial charge < -0.3 is 14.8 Å². The third-order valence-electron chi connectivity index (χ3n) is 4.76. The Balaban J connectivity index is 1.48. The van der Waals surface area contributed by atoms with Crippen LogP contribution in [0.2, 0.25) is 5.02 Å². The van der Waals surface area contributed by atoms with E-state index >= 15 is 0 Å². The normalized spacial score (nSPS) is 15.5. The van der Waals surface area contributed by atoms with E-state index in [0.717, 1.165) is 44.0 Å². The van der Waals surface area contributed by atoms with Gasteiger partial charge in [-0.2, -0.15) is 0 Å². The van der Waals surface area contributed by atoms with Gasteiger partial charge in [0.25, 0.3) is 5.91 Å². The van der Waals surface area contributed by atoms with Crippen LogP contribution in [-0.2, 0) is 27.4 Å². The Morgan fingerprint density at radius 3 is 2.52 bits per heavy atom. The van der Waals surface area contributed by atoms with Gasteiger partial charge in [0, 0.05) is 31.2 Å². The molecule has 0 spiro atoms. The van der Waals surface area contributed by atoms with E-state index < -0.39 is 12.1 Å². The van der Waals surface area contributed by atoms with E-state index in [1.165, 1.54) is 0 Å². The van der Waals surface area contributed by atoms with Crippen molar-refractivity contribution >= 4 is 23.5 Å². The van der Waals surface area contributed by atoms with Crippen LogP contribution in [0.5, 0.6) is 0 Å². The summed E-state index contributed by atoms with van der Waals surface area (Å²) >= 11 is 6.08. The van der Waals surface area contributed by atoms with Gasteiger partial charge >= 0.3 is 5.97 Å². The molecular formula is C22H25ClN2O4. The SMILES string of the molecule is C[C@H](OC(=O)c1ccc(CN2CCOCC2)cc1)C(=O)NCc1ccccc1Cl. The highest BCUT2D eigenvalue weighted by Gasteiger charge is 2.19. The molecule has 2 aromatic rings. The number of benzene rings is 2. The second-order valence-corrected chi connectivity index (χ2v) is 7.35. The summed E-state index contributed by atoms with van der Waals surface area (Å²) in [6, 6.07) is 14.5. The lowest BCUT2D eigenvalue weighted by Gasteiger charge is -2.26. The Kier molecular flexibility index (Phi) is 7.63. The summed E-state index contributed by atoms with van der Waals surface area (Å²) in [5.41, 5.74) is 2.34. The number of morpholine rings is 1. The highest BCUT2D eigenvalue weighted by atomic mass is 35.5. The lowest BCUT2D eigenvalue weighted by molar-refractivity contribution is -0.129. The van der Waals surface area contributed by atoms with Crippen LogP contribution in [0.25, 0.3) is 0 Å². The number of amides is 1. The minimum absolute atomic E-state index is 0.274. The van der Waals surface area contributed by atoms with Crippen LogP contribution in [0, 0.1) is 0 Å². The first-order chi connectivity index (χ1) is 14.0. The molecule has 0 aliphatic carbocycles. The fourth-order valence-electron chi connectivity index (χ4n) is 3.01. The predicted octanol–water partition coefficient (Wildman–Crippen LogP) is 3.03. The topological polar surface area (TPSA) is 67.9 Å². The van der Waals surface area contributed by atoms with Gasteiger partial charge in [-0.1, -0.05) is 41.9 Å². The van der Waals surface area contributed by atoms with Crippen LogP contribution < -0.4 is 5.32 Å². The molecule has 1 heterocycles. The summed E-state index contributed by atoms with van der Waals surface area (Å²) in [7, 11) is 0. The largest absolute Gasteiger partial charge is 0.449 e. The number of esters is 1. The zero-order valence-electron chi connectivity index (χ0n) is 16.4. The standard InChI is InChI=1S/C22H25ClN2O4/c1-16(21(26)24-14-19-4-2-3-5-20(19)23)29-22(27)18-8-6-17(7-9-18)15-25-10-12-28-13-11-25/h2-9,16H,10-15H2,1H3,(H,24,26)/t16-/m0/s1. The van der Waals surface area contributed by atoms with E-state index in [-0.39, 0.29) is 12.5 Å². The monoisotopic (exact) mass is 416 g/mol. The minimum atomic E-state index is -0.905. The molecule has 1 atom stereocenters. The molecule has 154 valence electrons. The van der Waals surface area contributed by atoms with Gasteiger partial charge in [-0.3, -0.25) is 9.69 Å². The van der Waals surface area contributed by atoms with Crippen molar-refractivity contribution in [2.75, 3.05) is 26.3 Å². The van der Waals surface area contributed by atoms with Crippen molar-refractivity contribution in [2.24, 2.45) is 0 Å². The molecule has 1 aliphatic heterocycles. The smallest absolute Gasteiger partial charge is 0.338 e. The number of ether oxygens (including phenoxy) is 2. The van der Waals surface area contributed by atoms with E-state index in [1.54, 1.807) is 25.1 Å². The van der Waals surface area contributed by atoms with Gasteiger partial charge in [0.15, 0.2) is 6.10 Å². The van der Waals surface area contributed by atoms with E-state index in [4.69, 9.17) is 21.1 Å². The first kappa shape index (κ1) is 21.3. The third kappa shape index (κ3) is 6.29. The molecule has 0 unspecified atom stereocenters. The molecule has 0 bridgehead atoms. The van der Waals surface area contributed by atoms with Crippen molar-refractivity contribution in [2.45, 2.75) is 26.1 Å². The van der Waals surface area contributed by atoms with Crippen molar-refractivity contribution in [3.63, 3.8) is 0 Å². The van der Waals surface area contributed by atoms with E-state index in [1.807, 2.05) is 30.3 Å². The van der Waals surface area contributed by atoms with E-state index in [2.05, 4.69) is 10.2 Å². The number of hydrogen-bond acceptors (Lipinski definition) is 5. The molecule has 1 amide bonds. The van der Waals surface area contributed by atoms with Crippen LogP contribution >= 0.6 is 11.6 Å². The summed E-state index contributed by atoms with van der Waals surface area (Å²) < 4.78 is 10.6. The fraction of sp³-hybridized carbons (Fsp3) is 0.364. The first-order valence-electron chi connectivity index (χ1n) is 9.64. The molecule has 1 fully saturated rings. The predicted molar refractivity (Wildman–Crippen MR) is 111 cm³/mol. The zero-order valence-corrected chi connectivity index (χ0v) is 17.2. The van der Waals surface area contributed by atoms with Crippen LogP contribution in [-0.4, -0.2) is 49.2 Å². The number of rotatable bonds is 7. The lowest BCUT2D eigenvalue weighted by Crippen LogP contribution is -2.35. The third-order valence-corrected chi connectivity index (χ3v) is 5.13. The number of carbonyl (C=O) groups is 2. The number of halogens is 1. The Labute approximate surface area is 175 Å². The zero-order chi connectivity index (χ0) is 20.6. The molecule has 0 aromatic heterocycles. The van der Waals surface area contributed by atoms with Crippen LogP contribution in [0.15, 0.2) is 48.5 Å². The Morgan fingerprint density at radius 2 is 1.83 bits per heavy atom. The van der Waals surface area contributed by atoms with Crippen molar-refractivity contribution in [1.82, 2.24) is 10.2 Å². The average Bonchev–Trinajstić information content (AvgIpc) is 2.74. The molecule has 1 aliphatic rings. The van der Waals surface area contributed by atoms with Crippen molar-refractivity contribution < 1.29 is 19.1 Å². The summed E-state index contributed by atoms with van der Waals surface area (Å²) in [6.45, 7) is 5.96. The Morgan fingerprint density at radius 1 is 1.14 bits per heavy atom. The Bertz CT molecular complexity index is 835. The highest BCUT2D eigenvalue weighted by Crippen LogP contribution is 2.15. The number of nitrogens with one attached hydrogen (secondary N) is 1. The molecule has 2 aromatic carbocycles. The molecule has 0 radical (unpaired) electrons. The first-order valence-corrected chi connectivity index (χ1v) is 10.0. The van der Waals surface area contributed by atoms with Crippen LogP contribution in [0.4, 0.5) is 0 Å². The molecule has 3 rings (SSSR count). The second-order valence-electron chi connectivity index (χ2n) is 6.94. The summed E-state index contributed by atoms with van der Waals surface area (Å²) in [5.74, 6) is -0.898. The summed E-state index contributed by atoms with van der Waals surface area (Å²) in [4.78, 5) is 26.9. The summed E-state index contributed by atoms with van der Waals surface area (Å²) in [6.07, 6.45) is -0.905. The maximum absolute atomic E-state index is 12.3. The van der Waals surface area contributed by atoms with Gasteiger partial charge in [-0.25, -0.2) is 4.79 Å².